The van der Waals surface area contributed by atoms with Crippen LogP contribution in [0.2, 0.25) is 0 Å². The van der Waals surface area contributed by atoms with E-state index in [2.05, 4.69) is 27.3 Å². The number of aromatic nitrogens is 1. The maximum absolute atomic E-state index is 12.6. The predicted molar refractivity (Wildman–Crippen MR) is 107 cm³/mol. The summed E-state index contributed by atoms with van der Waals surface area (Å²) in [7, 11) is 2.02. The monoisotopic (exact) mass is 363 g/mol. The van der Waals surface area contributed by atoms with Crippen molar-refractivity contribution in [3.63, 3.8) is 0 Å². The number of hydrogen-bond acceptors (Lipinski definition) is 4. The van der Waals surface area contributed by atoms with Crippen molar-refractivity contribution in [2.24, 2.45) is 0 Å². The van der Waals surface area contributed by atoms with E-state index in [0.717, 1.165) is 17.1 Å². The van der Waals surface area contributed by atoms with Crippen molar-refractivity contribution in [2.75, 3.05) is 25.0 Å². The average molecular weight is 363 g/mol. The molecule has 1 N–H and O–H groups in total. The Labute approximate surface area is 158 Å². The van der Waals surface area contributed by atoms with Gasteiger partial charge in [-0.15, -0.1) is 0 Å². The Morgan fingerprint density at radius 1 is 1.00 bits per heavy atom. The van der Waals surface area contributed by atoms with Crippen LogP contribution in [-0.4, -0.2) is 31.0 Å². The van der Waals surface area contributed by atoms with E-state index >= 15 is 0 Å². The van der Waals surface area contributed by atoms with E-state index in [1.165, 1.54) is 11.8 Å². The second kappa shape index (κ2) is 9.06. The SMILES string of the molecule is CN(CCNC(=O)c1cccnc1Sc1ccccc1)c1ccccc1. The topological polar surface area (TPSA) is 45.2 Å². The number of benzene rings is 2. The van der Waals surface area contributed by atoms with Crippen molar-refractivity contribution in [1.29, 1.82) is 0 Å². The minimum atomic E-state index is -0.0991. The quantitative estimate of drug-likeness (QED) is 0.686. The molecule has 0 saturated heterocycles. The summed E-state index contributed by atoms with van der Waals surface area (Å²) >= 11 is 1.50. The summed E-state index contributed by atoms with van der Waals surface area (Å²) < 4.78 is 0. The molecule has 0 aliphatic heterocycles. The Morgan fingerprint density at radius 3 is 2.42 bits per heavy atom. The first-order valence-corrected chi connectivity index (χ1v) is 9.28. The number of carbonyl (C=O) groups is 1. The molecule has 0 aliphatic carbocycles. The third-order valence-corrected chi connectivity index (χ3v) is 4.93. The maximum atomic E-state index is 12.6. The van der Waals surface area contributed by atoms with Gasteiger partial charge in [0.25, 0.3) is 5.91 Å². The highest BCUT2D eigenvalue weighted by Gasteiger charge is 2.13. The largest absolute Gasteiger partial charge is 0.373 e. The van der Waals surface area contributed by atoms with E-state index in [-0.39, 0.29) is 5.91 Å². The zero-order valence-electron chi connectivity index (χ0n) is 14.6. The van der Waals surface area contributed by atoms with Gasteiger partial charge in [-0.1, -0.05) is 48.2 Å². The molecule has 26 heavy (non-hydrogen) atoms. The van der Waals surface area contributed by atoms with Crippen molar-refractivity contribution in [1.82, 2.24) is 10.3 Å². The molecular formula is C21H21N3OS. The highest BCUT2D eigenvalue weighted by atomic mass is 32.2. The van der Waals surface area contributed by atoms with Crippen LogP contribution in [-0.2, 0) is 0 Å². The Balaban J connectivity index is 1.60. The van der Waals surface area contributed by atoms with Crippen molar-refractivity contribution in [2.45, 2.75) is 9.92 Å². The molecule has 1 amide bonds. The van der Waals surface area contributed by atoms with Crippen LogP contribution in [0.25, 0.3) is 0 Å². The van der Waals surface area contributed by atoms with Gasteiger partial charge in [0.2, 0.25) is 0 Å². The summed E-state index contributed by atoms with van der Waals surface area (Å²) in [6, 6.07) is 23.7. The van der Waals surface area contributed by atoms with E-state index in [9.17, 15) is 4.79 Å². The van der Waals surface area contributed by atoms with Crippen LogP contribution >= 0.6 is 11.8 Å². The van der Waals surface area contributed by atoms with Gasteiger partial charge < -0.3 is 10.2 Å². The van der Waals surface area contributed by atoms with E-state index in [1.807, 2.05) is 61.6 Å². The minimum absolute atomic E-state index is 0.0991. The standard InChI is InChI=1S/C21H21N3OS/c1-24(17-9-4-2-5-10-17)16-15-22-20(25)19-13-8-14-23-21(19)26-18-11-6-3-7-12-18/h2-14H,15-16H2,1H3,(H,22,25). The lowest BCUT2D eigenvalue weighted by Crippen LogP contribution is -2.33. The van der Waals surface area contributed by atoms with Crippen molar-refractivity contribution in [3.8, 4) is 0 Å². The summed E-state index contributed by atoms with van der Waals surface area (Å²) in [6.07, 6.45) is 1.71. The number of nitrogens with one attached hydrogen (secondary N) is 1. The van der Waals surface area contributed by atoms with Crippen LogP contribution in [0.3, 0.4) is 0 Å². The van der Waals surface area contributed by atoms with Gasteiger partial charge in [-0.25, -0.2) is 4.98 Å². The lowest BCUT2D eigenvalue weighted by molar-refractivity contribution is 0.0951. The second-order valence-corrected chi connectivity index (χ2v) is 6.85. The summed E-state index contributed by atoms with van der Waals surface area (Å²) in [6.45, 7) is 1.30. The van der Waals surface area contributed by atoms with Gasteiger partial charge >= 0.3 is 0 Å². The number of para-hydroxylation sites is 1. The fourth-order valence-corrected chi connectivity index (χ4v) is 3.39. The first kappa shape index (κ1) is 18.0. The van der Waals surface area contributed by atoms with E-state index in [0.29, 0.717) is 17.1 Å². The third kappa shape index (κ3) is 4.86. The molecule has 0 spiro atoms. The number of pyridine rings is 1. The lowest BCUT2D eigenvalue weighted by Gasteiger charge is -2.19. The molecule has 0 bridgehead atoms. The van der Waals surface area contributed by atoms with Crippen molar-refractivity contribution < 1.29 is 4.79 Å². The summed E-state index contributed by atoms with van der Waals surface area (Å²) in [5.41, 5.74) is 1.73. The molecule has 0 aliphatic rings. The van der Waals surface area contributed by atoms with Crippen LogP contribution in [0.4, 0.5) is 5.69 Å². The third-order valence-electron chi connectivity index (χ3n) is 3.90. The molecule has 3 aromatic rings. The van der Waals surface area contributed by atoms with E-state index < -0.39 is 0 Å². The van der Waals surface area contributed by atoms with Crippen molar-refractivity contribution >= 4 is 23.4 Å². The van der Waals surface area contributed by atoms with Gasteiger partial charge in [0.05, 0.1) is 5.56 Å². The zero-order valence-corrected chi connectivity index (χ0v) is 15.4. The first-order valence-electron chi connectivity index (χ1n) is 8.46. The van der Waals surface area contributed by atoms with E-state index in [1.54, 1.807) is 12.3 Å². The molecule has 0 saturated carbocycles. The molecule has 132 valence electrons. The first-order chi connectivity index (χ1) is 12.7. The number of likely N-dealkylation sites (N-methyl/N-ethyl adjacent to an activating group) is 1. The highest BCUT2D eigenvalue weighted by Crippen LogP contribution is 2.28. The number of carbonyl (C=O) groups excluding carboxylic acids is 1. The molecular weight excluding hydrogens is 342 g/mol. The molecule has 5 heteroatoms. The molecule has 0 radical (unpaired) electrons. The normalized spacial score (nSPS) is 10.3. The van der Waals surface area contributed by atoms with Gasteiger partial charge in [-0.05, 0) is 36.4 Å². The summed E-state index contributed by atoms with van der Waals surface area (Å²) in [5.74, 6) is -0.0991. The number of nitrogens with zero attached hydrogens (tertiary/aromatic N) is 2. The van der Waals surface area contributed by atoms with Crippen LogP contribution in [0.15, 0.2) is 88.9 Å². The molecule has 0 unspecified atom stereocenters. The number of anilines is 1. The van der Waals surface area contributed by atoms with Gasteiger partial charge in [-0.2, -0.15) is 0 Å². The van der Waals surface area contributed by atoms with Gasteiger partial charge in [0.15, 0.2) is 0 Å². The molecule has 2 aromatic carbocycles. The molecule has 0 fully saturated rings. The smallest absolute Gasteiger partial charge is 0.254 e. The van der Waals surface area contributed by atoms with Crippen LogP contribution in [0, 0.1) is 0 Å². The maximum Gasteiger partial charge on any atom is 0.254 e. The molecule has 3 rings (SSSR count). The summed E-state index contributed by atoms with van der Waals surface area (Å²) in [4.78, 5) is 20.1. The zero-order chi connectivity index (χ0) is 18.2. The Hall–Kier alpha value is -2.79. The summed E-state index contributed by atoms with van der Waals surface area (Å²) in [5, 5.41) is 3.71. The number of hydrogen-bond donors (Lipinski definition) is 1. The number of rotatable bonds is 7. The van der Waals surface area contributed by atoms with Crippen LogP contribution < -0.4 is 10.2 Å². The second-order valence-electron chi connectivity index (χ2n) is 5.78. The molecule has 0 atom stereocenters. The average Bonchev–Trinajstić information content (AvgIpc) is 2.69. The van der Waals surface area contributed by atoms with Crippen molar-refractivity contribution in [3.05, 3.63) is 84.6 Å². The van der Waals surface area contributed by atoms with Crippen LogP contribution in [0.5, 0.6) is 0 Å². The Bertz CT molecular complexity index is 840. The molecule has 1 aromatic heterocycles. The number of amides is 1. The Morgan fingerprint density at radius 2 is 1.69 bits per heavy atom. The predicted octanol–water partition coefficient (Wildman–Crippen LogP) is 4.10. The van der Waals surface area contributed by atoms with E-state index in [4.69, 9.17) is 0 Å². The fourth-order valence-electron chi connectivity index (χ4n) is 2.49. The van der Waals surface area contributed by atoms with Gasteiger partial charge in [0, 0.05) is 36.9 Å². The van der Waals surface area contributed by atoms with Gasteiger partial charge in [-0.3, -0.25) is 4.79 Å². The lowest BCUT2D eigenvalue weighted by atomic mass is 10.2. The Kier molecular flexibility index (Phi) is 6.28. The fraction of sp³-hybridized carbons (Fsp3) is 0.143. The minimum Gasteiger partial charge on any atom is -0.373 e. The van der Waals surface area contributed by atoms with Crippen LogP contribution in [0.1, 0.15) is 10.4 Å². The molecule has 4 nitrogen and oxygen atoms in total. The van der Waals surface area contributed by atoms with Gasteiger partial charge in [0.1, 0.15) is 5.03 Å². The highest BCUT2D eigenvalue weighted by molar-refractivity contribution is 7.99. The molecule has 1 heterocycles.